The van der Waals surface area contributed by atoms with E-state index in [1.807, 2.05) is 18.2 Å². The van der Waals surface area contributed by atoms with Gasteiger partial charge in [0.15, 0.2) is 0 Å². The lowest BCUT2D eigenvalue weighted by Crippen LogP contribution is -2.49. The molecule has 1 fully saturated rings. The maximum Gasteiger partial charge on any atom is 0.304 e. The van der Waals surface area contributed by atoms with E-state index in [1.54, 1.807) is 10.4 Å². The topological polar surface area (TPSA) is 49.9 Å². The van der Waals surface area contributed by atoms with Crippen molar-refractivity contribution in [3.8, 4) is 5.75 Å². The molecule has 2 aliphatic rings. The zero-order chi connectivity index (χ0) is 14.2. The molecule has 0 aromatic heterocycles. The van der Waals surface area contributed by atoms with Gasteiger partial charge in [0.05, 0.1) is 12.2 Å². The number of para-hydroxylation sites is 2. The van der Waals surface area contributed by atoms with Crippen LogP contribution in [0.15, 0.2) is 24.3 Å². The standard InChI is InChI=1S/C14H20N2O3S/c1-12-6-8-15(9-7-12)20(17,18)16-10-11-19-14-5-3-2-4-13(14)16/h2-5,12H,6-11H2,1H3. The summed E-state index contributed by atoms with van der Waals surface area (Å²) in [4.78, 5) is 0. The molecule has 0 atom stereocenters. The molecule has 5 nitrogen and oxygen atoms in total. The van der Waals surface area contributed by atoms with Gasteiger partial charge in [0.1, 0.15) is 12.4 Å². The van der Waals surface area contributed by atoms with Gasteiger partial charge in [-0.1, -0.05) is 19.1 Å². The lowest BCUT2D eigenvalue weighted by atomic mass is 10.0. The summed E-state index contributed by atoms with van der Waals surface area (Å²) < 4.78 is 34.2. The summed E-state index contributed by atoms with van der Waals surface area (Å²) in [6, 6.07) is 7.32. The maximum atomic E-state index is 12.8. The number of rotatable bonds is 2. The van der Waals surface area contributed by atoms with Gasteiger partial charge in [0, 0.05) is 13.1 Å². The molecule has 3 rings (SSSR count). The number of fused-ring (bicyclic) bond motifs is 1. The van der Waals surface area contributed by atoms with Gasteiger partial charge in [-0.05, 0) is 30.9 Å². The third-order valence-corrected chi connectivity index (χ3v) is 5.99. The second kappa shape index (κ2) is 5.26. The predicted molar refractivity (Wildman–Crippen MR) is 78.2 cm³/mol. The van der Waals surface area contributed by atoms with E-state index in [2.05, 4.69) is 6.92 Å². The second-order valence-electron chi connectivity index (χ2n) is 5.48. The normalized spacial score (nSPS) is 21.4. The highest BCUT2D eigenvalue weighted by Gasteiger charge is 2.35. The molecule has 6 heteroatoms. The third-order valence-electron chi connectivity index (χ3n) is 4.03. The number of anilines is 1. The number of ether oxygens (including phenoxy) is 1. The molecule has 0 saturated carbocycles. The molecular formula is C14H20N2O3S. The van der Waals surface area contributed by atoms with Crippen molar-refractivity contribution >= 4 is 15.9 Å². The van der Waals surface area contributed by atoms with Gasteiger partial charge in [-0.3, -0.25) is 4.31 Å². The van der Waals surface area contributed by atoms with Gasteiger partial charge >= 0.3 is 10.2 Å². The Morgan fingerprint density at radius 2 is 1.85 bits per heavy atom. The van der Waals surface area contributed by atoms with E-state index in [4.69, 9.17) is 4.74 Å². The second-order valence-corrected chi connectivity index (χ2v) is 7.33. The van der Waals surface area contributed by atoms with Crippen LogP contribution in [0.1, 0.15) is 19.8 Å². The fraction of sp³-hybridized carbons (Fsp3) is 0.571. The molecule has 1 saturated heterocycles. The molecule has 0 spiro atoms. The van der Waals surface area contributed by atoms with E-state index in [9.17, 15) is 8.42 Å². The van der Waals surface area contributed by atoms with Gasteiger partial charge in [-0.15, -0.1) is 0 Å². The van der Waals surface area contributed by atoms with Crippen LogP contribution in [0.4, 0.5) is 5.69 Å². The summed E-state index contributed by atoms with van der Waals surface area (Å²) >= 11 is 0. The van der Waals surface area contributed by atoms with Crippen LogP contribution < -0.4 is 9.04 Å². The summed E-state index contributed by atoms with van der Waals surface area (Å²) in [7, 11) is -3.44. The monoisotopic (exact) mass is 296 g/mol. The smallest absolute Gasteiger partial charge is 0.304 e. The van der Waals surface area contributed by atoms with Crippen molar-refractivity contribution < 1.29 is 13.2 Å². The van der Waals surface area contributed by atoms with Crippen molar-refractivity contribution in [3.63, 3.8) is 0 Å². The van der Waals surface area contributed by atoms with Crippen molar-refractivity contribution in [1.82, 2.24) is 4.31 Å². The van der Waals surface area contributed by atoms with E-state index in [-0.39, 0.29) is 0 Å². The van der Waals surface area contributed by atoms with E-state index < -0.39 is 10.2 Å². The van der Waals surface area contributed by atoms with Gasteiger partial charge in [-0.2, -0.15) is 12.7 Å². The van der Waals surface area contributed by atoms with Crippen molar-refractivity contribution in [2.24, 2.45) is 5.92 Å². The lowest BCUT2D eigenvalue weighted by molar-refractivity contribution is 0.281. The fourth-order valence-corrected chi connectivity index (χ4v) is 4.39. The third kappa shape index (κ3) is 2.38. The molecule has 20 heavy (non-hydrogen) atoms. The quantitative estimate of drug-likeness (QED) is 0.837. The van der Waals surface area contributed by atoms with Crippen LogP contribution in [-0.4, -0.2) is 39.0 Å². The minimum absolute atomic E-state index is 0.380. The molecule has 1 aromatic rings. The van der Waals surface area contributed by atoms with E-state index in [0.717, 1.165) is 12.8 Å². The first-order valence-corrected chi connectivity index (χ1v) is 8.48. The first-order chi connectivity index (χ1) is 9.59. The molecule has 2 heterocycles. The van der Waals surface area contributed by atoms with Crippen LogP contribution in [-0.2, 0) is 10.2 Å². The Kier molecular flexibility index (Phi) is 3.60. The number of hydrogen-bond donors (Lipinski definition) is 0. The zero-order valence-electron chi connectivity index (χ0n) is 11.7. The van der Waals surface area contributed by atoms with Crippen LogP contribution >= 0.6 is 0 Å². The van der Waals surface area contributed by atoms with Crippen molar-refractivity contribution in [1.29, 1.82) is 0 Å². The van der Waals surface area contributed by atoms with Crippen LogP contribution in [0.3, 0.4) is 0 Å². The summed E-state index contributed by atoms with van der Waals surface area (Å²) in [5, 5.41) is 0. The van der Waals surface area contributed by atoms with Gasteiger partial charge in [0.25, 0.3) is 0 Å². The SMILES string of the molecule is CC1CCN(S(=O)(=O)N2CCOc3ccccc32)CC1. The Labute approximate surface area is 120 Å². The molecule has 0 aliphatic carbocycles. The predicted octanol–water partition coefficient (Wildman–Crippen LogP) is 1.86. The van der Waals surface area contributed by atoms with E-state index in [0.29, 0.717) is 43.6 Å². The number of nitrogens with zero attached hydrogens (tertiary/aromatic N) is 2. The Bertz CT molecular complexity index is 580. The number of benzene rings is 1. The van der Waals surface area contributed by atoms with Gasteiger partial charge in [0.2, 0.25) is 0 Å². The maximum absolute atomic E-state index is 12.8. The summed E-state index contributed by atoms with van der Waals surface area (Å²) in [6.45, 7) is 4.19. The minimum Gasteiger partial charge on any atom is -0.489 e. The first-order valence-electron chi connectivity index (χ1n) is 7.08. The molecule has 0 unspecified atom stereocenters. The summed E-state index contributed by atoms with van der Waals surface area (Å²) in [5.41, 5.74) is 0.650. The van der Waals surface area contributed by atoms with Crippen LogP contribution in [0.5, 0.6) is 5.75 Å². The van der Waals surface area contributed by atoms with Crippen LogP contribution in [0, 0.1) is 5.92 Å². The molecule has 0 N–H and O–H groups in total. The average Bonchev–Trinajstić information content (AvgIpc) is 2.47. The van der Waals surface area contributed by atoms with E-state index in [1.165, 1.54) is 4.31 Å². The fourth-order valence-electron chi connectivity index (χ4n) is 2.74. The van der Waals surface area contributed by atoms with Crippen molar-refractivity contribution in [2.75, 3.05) is 30.5 Å². The largest absolute Gasteiger partial charge is 0.489 e. The first kappa shape index (κ1) is 13.7. The van der Waals surface area contributed by atoms with Crippen molar-refractivity contribution in [3.05, 3.63) is 24.3 Å². The molecular weight excluding hydrogens is 276 g/mol. The Morgan fingerprint density at radius 1 is 1.15 bits per heavy atom. The molecule has 2 aliphatic heterocycles. The highest BCUT2D eigenvalue weighted by molar-refractivity contribution is 7.90. The lowest BCUT2D eigenvalue weighted by Gasteiger charge is -2.37. The highest BCUT2D eigenvalue weighted by atomic mass is 32.2. The zero-order valence-corrected chi connectivity index (χ0v) is 12.5. The summed E-state index contributed by atoms with van der Waals surface area (Å²) in [5.74, 6) is 1.26. The minimum atomic E-state index is -3.44. The molecule has 1 aromatic carbocycles. The molecule has 0 bridgehead atoms. The Hall–Kier alpha value is -1.27. The van der Waals surface area contributed by atoms with Gasteiger partial charge in [-0.25, -0.2) is 0 Å². The number of hydrogen-bond acceptors (Lipinski definition) is 3. The van der Waals surface area contributed by atoms with Gasteiger partial charge < -0.3 is 4.74 Å². The van der Waals surface area contributed by atoms with Crippen LogP contribution in [0.2, 0.25) is 0 Å². The van der Waals surface area contributed by atoms with E-state index >= 15 is 0 Å². The van der Waals surface area contributed by atoms with Crippen LogP contribution in [0.25, 0.3) is 0 Å². The average molecular weight is 296 g/mol. The molecule has 0 amide bonds. The highest BCUT2D eigenvalue weighted by Crippen LogP contribution is 2.34. The number of piperidine rings is 1. The summed E-state index contributed by atoms with van der Waals surface area (Å²) in [6.07, 6.45) is 1.87. The Morgan fingerprint density at radius 3 is 2.60 bits per heavy atom. The molecule has 0 radical (unpaired) electrons. The van der Waals surface area contributed by atoms with Crippen molar-refractivity contribution in [2.45, 2.75) is 19.8 Å². The molecule has 110 valence electrons. The Balaban J connectivity index is 1.89.